The van der Waals surface area contributed by atoms with Crippen LogP contribution < -0.4 is 14.7 Å². The van der Waals surface area contributed by atoms with E-state index < -0.39 is 47.7 Å². The van der Waals surface area contributed by atoms with Crippen LogP contribution in [0.5, 0.6) is 0 Å². The first-order valence-electron chi connectivity index (χ1n) is 14.8. The number of alkyl halides is 4. The molecular formula is C32H33F4N7O3. The summed E-state index contributed by atoms with van der Waals surface area (Å²) in [4.78, 5) is 49.9. The lowest BCUT2D eigenvalue weighted by atomic mass is 9.94. The van der Waals surface area contributed by atoms with Crippen molar-refractivity contribution in [2.75, 3.05) is 41.4 Å². The molecule has 2 aromatic heterocycles. The Morgan fingerprint density at radius 1 is 1.13 bits per heavy atom. The fraction of sp³-hybridized carbons (Fsp3) is 0.406. The van der Waals surface area contributed by atoms with Crippen LogP contribution in [-0.4, -0.2) is 76.3 Å². The summed E-state index contributed by atoms with van der Waals surface area (Å²) in [6.07, 6.45) is -1.55. The maximum absolute atomic E-state index is 15.0. The number of carbonyl (C=O) groups excluding carboxylic acids is 3. The molecule has 0 aliphatic carbocycles. The maximum atomic E-state index is 15.0. The summed E-state index contributed by atoms with van der Waals surface area (Å²) in [5, 5.41) is 4.41. The van der Waals surface area contributed by atoms with Gasteiger partial charge in [-0.15, -0.1) is 0 Å². The third kappa shape index (κ3) is 5.49. The third-order valence-corrected chi connectivity index (χ3v) is 8.95. The Morgan fingerprint density at radius 3 is 2.61 bits per heavy atom. The molecule has 0 bridgehead atoms. The lowest BCUT2D eigenvalue weighted by molar-refractivity contribution is -0.137. The molecule has 5 heterocycles. The fourth-order valence-electron chi connectivity index (χ4n) is 6.81. The standard InChI is InChI=1S/C32H33F4N7O3/c1-5-27(44)40-16-23(33)25(17-40)42-14-20(12-37-42)13-41-15-21-10-28(45)43(26-11-22(32(34,35)36)9-19(3)38-26)30(21)31(46)39(4)24-8-6-7-18(2)29(24)41/h5-9,11-12,14,21,23,25,30H,1,10,13,15-17H2,2-4H3/t21-,23-,25-,30+/m1/s1. The van der Waals surface area contributed by atoms with Gasteiger partial charge in [-0.25, -0.2) is 9.37 Å². The first-order valence-corrected chi connectivity index (χ1v) is 14.8. The van der Waals surface area contributed by atoms with Crippen molar-refractivity contribution in [3.63, 3.8) is 0 Å². The Bertz CT molecular complexity index is 1720. The minimum atomic E-state index is -4.66. The molecule has 3 aliphatic heterocycles. The molecule has 2 saturated heterocycles. The van der Waals surface area contributed by atoms with E-state index in [0.29, 0.717) is 5.69 Å². The van der Waals surface area contributed by atoms with Crippen LogP contribution in [0, 0.1) is 19.8 Å². The monoisotopic (exact) mass is 639 g/mol. The number of rotatable bonds is 5. The van der Waals surface area contributed by atoms with Crippen LogP contribution in [0.3, 0.4) is 0 Å². The molecule has 2 fully saturated rings. The van der Waals surface area contributed by atoms with E-state index in [9.17, 15) is 31.9 Å². The molecule has 46 heavy (non-hydrogen) atoms. The van der Waals surface area contributed by atoms with Gasteiger partial charge in [0.2, 0.25) is 17.7 Å². The van der Waals surface area contributed by atoms with Crippen molar-refractivity contribution in [1.29, 1.82) is 0 Å². The zero-order valence-electron chi connectivity index (χ0n) is 25.5. The van der Waals surface area contributed by atoms with Crippen LogP contribution >= 0.6 is 0 Å². The fourth-order valence-corrected chi connectivity index (χ4v) is 6.81. The van der Waals surface area contributed by atoms with Crippen molar-refractivity contribution >= 4 is 34.9 Å². The Labute approximate surface area is 262 Å². The lowest BCUT2D eigenvalue weighted by Crippen LogP contribution is -2.52. The number of halogens is 4. The van der Waals surface area contributed by atoms with Gasteiger partial charge >= 0.3 is 6.18 Å². The van der Waals surface area contributed by atoms with E-state index in [2.05, 4.69) is 16.7 Å². The highest BCUT2D eigenvalue weighted by Crippen LogP contribution is 2.42. The van der Waals surface area contributed by atoms with Gasteiger partial charge in [0.15, 0.2) is 0 Å². The second-order valence-corrected chi connectivity index (χ2v) is 12.1. The molecule has 0 radical (unpaired) electrons. The average Bonchev–Trinajstić information content (AvgIpc) is 3.70. The molecule has 14 heteroatoms. The van der Waals surface area contributed by atoms with E-state index in [4.69, 9.17) is 0 Å². The molecule has 0 unspecified atom stereocenters. The number of hydrogen-bond acceptors (Lipinski definition) is 6. The lowest BCUT2D eigenvalue weighted by Gasteiger charge is -2.39. The molecule has 0 spiro atoms. The Morgan fingerprint density at radius 2 is 1.89 bits per heavy atom. The predicted molar refractivity (Wildman–Crippen MR) is 162 cm³/mol. The summed E-state index contributed by atoms with van der Waals surface area (Å²) in [6, 6.07) is 5.45. The number of carbonyl (C=O) groups is 3. The van der Waals surface area contributed by atoms with Crippen molar-refractivity contribution in [3.8, 4) is 0 Å². The number of benzene rings is 1. The Kier molecular flexibility index (Phi) is 7.85. The van der Waals surface area contributed by atoms with Crippen molar-refractivity contribution in [1.82, 2.24) is 19.7 Å². The smallest absolute Gasteiger partial charge is 0.365 e. The number of para-hydroxylation sites is 1. The highest BCUT2D eigenvalue weighted by atomic mass is 19.4. The van der Waals surface area contributed by atoms with E-state index >= 15 is 0 Å². The molecule has 6 rings (SSSR count). The molecule has 242 valence electrons. The van der Waals surface area contributed by atoms with E-state index in [0.717, 1.165) is 39.9 Å². The molecule has 0 saturated carbocycles. The SMILES string of the molecule is C=CC(=O)N1C[C@@H](F)[C@H](n2cc(CN3C[C@H]4CC(=O)N(c5cc(C(F)(F)F)cc(C)n5)[C@@H]4C(=O)N(C)c4cccc(C)c43)cn2)C1. The molecule has 3 amide bonds. The quantitative estimate of drug-likeness (QED) is 0.307. The second-order valence-electron chi connectivity index (χ2n) is 12.1. The van der Waals surface area contributed by atoms with E-state index in [1.807, 2.05) is 17.9 Å². The van der Waals surface area contributed by atoms with Gasteiger partial charge in [-0.1, -0.05) is 18.7 Å². The molecule has 1 aromatic carbocycles. The molecule has 3 aliphatic rings. The van der Waals surface area contributed by atoms with Gasteiger partial charge in [0.1, 0.15) is 24.1 Å². The van der Waals surface area contributed by atoms with Crippen LogP contribution in [0.1, 0.15) is 34.8 Å². The number of aromatic nitrogens is 3. The maximum Gasteiger partial charge on any atom is 0.416 e. The summed E-state index contributed by atoms with van der Waals surface area (Å²) < 4.78 is 57.6. The molecule has 3 aromatic rings. The number of hydrogen-bond donors (Lipinski definition) is 0. The van der Waals surface area contributed by atoms with Gasteiger partial charge in [-0.05, 0) is 43.7 Å². The Balaban J connectivity index is 1.35. The van der Waals surface area contributed by atoms with Gasteiger partial charge in [0, 0.05) is 56.5 Å². The zero-order chi connectivity index (χ0) is 33.1. The van der Waals surface area contributed by atoms with Gasteiger partial charge in [-0.3, -0.25) is 24.0 Å². The topological polar surface area (TPSA) is 94.9 Å². The number of likely N-dealkylation sites (N-methyl/N-ethyl adjacent to an activating group) is 1. The zero-order valence-corrected chi connectivity index (χ0v) is 25.5. The molecule has 0 N–H and O–H groups in total. The Hall–Kier alpha value is -4.75. The second kappa shape index (κ2) is 11.6. The minimum absolute atomic E-state index is 0.0579. The van der Waals surface area contributed by atoms with Crippen molar-refractivity contribution in [2.45, 2.75) is 51.2 Å². The molecular weight excluding hydrogens is 606 g/mol. The van der Waals surface area contributed by atoms with Gasteiger partial charge < -0.3 is 14.7 Å². The van der Waals surface area contributed by atoms with Crippen LogP contribution in [0.15, 0.2) is 55.4 Å². The van der Waals surface area contributed by atoms with Gasteiger partial charge in [0.25, 0.3) is 0 Å². The summed E-state index contributed by atoms with van der Waals surface area (Å²) in [6.45, 7) is 7.40. The summed E-state index contributed by atoms with van der Waals surface area (Å²) in [7, 11) is 1.59. The third-order valence-electron chi connectivity index (χ3n) is 8.95. The molecule has 4 atom stereocenters. The predicted octanol–water partition coefficient (Wildman–Crippen LogP) is 4.23. The van der Waals surface area contributed by atoms with Crippen LogP contribution in [0.25, 0.3) is 0 Å². The number of fused-ring (bicyclic) bond motifs is 2. The van der Waals surface area contributed by atoms with E-state index in [1.165, 1.54) is 21.4 Å². The minimum Gasteiger partial charge on any atom is -0.365 e. The first-order chi connectivity index (χ1) is 21.8. The van der Waals surface area contributed by atoms with E-state index in [-0.39, 0.29) is 50.0 Å². The largest absolute Gasteiger partial charge is 0.416 e. The summed E-state index contributed by atoms with van der Waals surface area (Å²) in [5.41, 5.74) is 2.06. The number of likely N-dealkylation sites (tertiary alicyclic amines) is 1. The van der Waals surface area contributed by atoms with Crippen molar-refractivity contribution in [2.24, 2.45) is 5.92 Å². The van der Waals surface area contributed by atoms with Gasteiger partial charge in [-0.2, -0.15) is 18.3 Å². The van der Waals surface area contributed by atoms with Crippen molar-refractivity contribution < 1.29 is 31.9 Å². The molecule has 10 nitrogen and oxygen atoms in total. The first kappa shape index (κ1) is 31.2. The van der Waals surface area contributed by atoms with E-state index in [1.54, 1.807) is 31.6 Å². The number of amides is 3. The average molecular weight is 640 g/mol. The number of anilines is 3. The highest BCUT2D eigenvalue weighted by Gasteiger charge is 2.49. The summed E-state index contributed by atoms with van der Waals surface area (Å²) >= 11 is 0. The van der Waals surface area contributed by atoms with Gasteiger partial charge in [0.05, 0.1) is 29.7 Å². The highest BCUT2D eigenvalue weighted by molar-refractivity contribution is 6.10. The number of nitrogens with zero attached hydrogens (tertiary/aromatic N) is 7. The van der Waals surface area contributed by atoms with Crippen LogP contribution in [-0.2, 0) is 27.1 Å². The summed E-state index contributed by atoms with van der Waals surface area (Å²) in [5.74, 6) is -2.07. The number of aryl methyl sites for hydroxylation is 2. The van der Waals surface area contributed by atoms with Crippen molar-refractivity contribution in [3.05, 3.63) is 77.8 Å². The van der Waals surface area contributed by atoms with Crippen LogP contribution in [0.4, 0.5) is 34.8 Å². The number of pyridine rings is 1. The normalized spacial score (nSPS) is 23.4. The van der Waals surface area contributed by atoms with Crippen LogP contribution in [0.2, 0.25) is 0 Å².